The van der Waals surface area contributed by atoms with Gasteiger partial charge in [-0.2, -0.15) is 5.26 Å². The second kappa shape index (κ2) is 10.8. The van der Waals surface area contributed by atoms with Crippen LogP contribution in [0.2, 0.25) is 0 Å². The van der Waals surface area contributed by atoms with Crippen LogP contribution in [0.3, 0.4) is 0 Å². The fraction of sp³-hybridized carbons (Fsp3) is 0.0741. The van der Waals surface area contributed by atoms with Gasteiger partial charge in [-0.25, -0.2) is 4.98 Å². The van der Waals surface area contributed by atoms with Crippen molar-refractivity contribution in [3.05, 3.63) is 129 Å². The molecule has 0 spiro atoms. The number of hydrogen-bond acceptors (Lipinski definition) is 5. The Bertz CT molecular complexity index is 1170. The molecule has 0 aliphatic heterocycles. The number of rotatable bonds is 8. The van der Waals surface area contributed by atoms with Crippen molar-refractivity contribution in [2.75, 3.05) is 6.54 Å². The number of aromatic nitrogens is 1. The monoisotopic (exact) mass is 467 g/mol. The first-order chi connectivity index (χ1) is 16.3. The van der Waals surface area contributed by atoms with Crippen LogP contribution < -0.4 is 5.32 Å². The van der Waals surface area contributed by atoms with Crippen LogP contribution in [0.5, 0.6) is 0 Å². The molecule has 0 bridgehead atoms. The minimum Gasteiger partial charge on any atom is -0.338 e. The van der Waals surface area contributed by atoms with Crippen molar-refractivity contribution in [1.82, 2.24) is 10.3 Å². The van der Waals surface area contributed by atoms with Crippen LogP contribution in [0.4, 0.5) is 0 Å². The number of nitriles is 1. The molecule has 0 saturated heterocycles. The normalized spacial score (nSPS) is 11.2. The number of benzene rings is 3. The van der Waals surface area contributed by atoms with E-state index in [0.717, 1.165) is 21.6 Å². The molecule has 162 valence electrons. The number of carbonyl (C=O) groups excluding carboxylic acids is 1. The maximum Gasteiger partial charge on any atom is 0.272 e. The Balaban J connectivity index is 1.77. The van der Waals surface area contributed by atoms with Crippen LogP contribution in [-0.2, 0) is 4.75 Å². The van der Waals surface area contributed by atoms with Gasteiger partial charge in [0, 0.05) is 0 Å². The number of amides is 1. The standard InChI is InChI=1S/C27H21N3OS2/c28-17-18-29-26(31)25-24(32-20-30-25)16-19-33-27(21-10-4-1-5-11-21,22-12-6-2-7-13-22)23-14-8-3-9-15-23/h1-16,19-20H,18H2,(H,29,31)/b19-16-. The summed E-state index contributed by atoms with van der Waals surface area (Å²) in [6, 6.07) is 33.2. The van der Waals surface area contributed by atoms with E-state index in [0.29, 0.717) is 5.69 Å². The topological polar surface area (TPSA) is 65.8 Å². The zero-order valence-electron chi connectivity index (χ0n) is 17.7. The molecular formula is C27H21N3OS2. The lowest BCUT2D eigenvalue weighted by Gasteiger charge is -2.34. The quantitative estimate of drug-likeness (QED) is 0.251. The predicted molar refractivity (Wildman–Crippen MR) is 136 cm³/mol. The van der Waals surface area contributed by atoms with Crippen molar-refractivity contribution in [1.29, 1.82) is 5.26 Å². The highest BCUT2D eigenvalue weighted by Crippen LogP contribution is 2.49. The average Bonchev–Trinajstić information content (AvgIpc) is 3.35. The van der Waals surface area contributed by atoms with E-state index in [9.17, 15) is 4.79 Å². The Morgan fingerprint density at radius 3 is 1.94 bits per heavy atom. The molecule has 3 aromatic carbocycles. The number of nitrogens with zero attached hydrogens (tertiary/aromatic N) is 2. The molecule has 4 aromatic rings. The third-order valence-electron chi connectivity index (χ3n) is 5.14. The first-order valence-electron chi connectivity index (χ1n) is 10.4. The summed E-state index contributed by atoms with van der Waals surface area (Å²) < 4.78 is -0.478. The van der Waals surface area contributed by atoms with Gasteiger partial charge in [-0.15, -0.1) is 23.1 Å². The van der Waals surface area contributed by atoms with E-state index in [1.807, 2.05) is 35.8 Å². The van der Waals surface area contributed by atoms with E-state index >= 15 is 0 Å². The Labute approximate surface area is 201 Å². The van der Waals surface area contributed by atoms with Gasteiger partial charge in [0.15, 0.2) is 0 Å². The number of thiazole rings is 1. The summed E-state index contributed by atoms with van der Waals surface area (Å²) in [6.45, 7) is -0.0482. The SMILES string of the molecule is N#CCNC(=O)c1ncsc1/C=C\SC(c1ccccc1)(c1ccccc1)c1ccccc1. The van der Waals surface area contributed by atoms with E-state index in [4.69, 9.17) is 5.26 Å². The Hall–Kier alpha value is -3.66. The summed E-state index contributed by atoms with van der Waals surface area (Å²) in [5.41, 5.74) is 5.46. The van der Waals surface area contributed by atoms with Crippen LogP contribution in [0.15, 0.2) is 102 Å². The van der Waals surface area contributed by atoms with E-state index < -0.39 is 4.75 Å². The van der Waals surface area contributed by atoms with Crippen LogP contribution in [0, 0.1) is 11.3 Å². The zero-order valence-corrected chi connectivity index (χ0v) is 19.4. The first-order valence-corrected chi connectivity index (χ1v) is 12.1. The summed E-state index contributed by atoms with van der Waals surface area (Å²) in [5.74, 6) is -0.345. The lowest BCUT2D eigenvalue weighted by atomic mass is 9.84. The van der Waals surface area contributed by atoms with Gasteiger partial charge in [-0.1, -0.05) is 91.0 Å². The molecule has 1 aromatic heterocycles. The minimum atomic E-state index is -0.478. The minimum absolute atomic E-state index is 0.0482. The van der Waals surface area contributed by atoms with E-state index in [2.05, 4.69) is 83.1 Å². The Kier molecular flexibility index (Phi) is 7.36. The second-order valence-corrected chi connectivity index (χ2v) is 9.11. The Morgan fingerprint density at radius 1 is 0.939 bits per heavy atom. The molecular weight excluding hydrogens is 446 g/mol. The molecule has 0 fully saturated rings. The van der Waals surface area contributed by atoms with Crippen LogP contribution in [0.1, 0.15) is 32.1 Å². The molecule has 0 aliphatic carbocycles. The lowest BCUT2D eigenvalue weighted by molar-refractivity contribution is 0.0954. The zero-order chi connectivity index (χ0) is 22.9. The summed E-state index contributed by atoms with van der Waals surface area (Å²) in [6.07, 6.45) is 1.92. The number of nitrogens with one attached hydrogen (secondary N) is 1. The number of carbonyl (C=O) groups is 1. The lowest BCUT2D eigenvalue weighted by Crippen LogP contribution is -2.25. The van der Waals surface area contributed by atoms with Crippen molar-refractivity contribution in [2.45, 2.75) is 4.75 Å². The summed E-state index contributed by atoms with van der Waals surface area (Å²) >= 11 is 3.07. The van der Waals surface area contributed by atoms with Gasteiger partial charge in [0.2, 0.25) is 0 Å². The third kappa shape index (κ3) is 4.90. The van der Waals surface area contributed by atoms with Crippen molar-refractivity contribution in [2.24, 2.45) is 0 Å². The molecule has 33 heavy (non-hydrogen) atoms. The van der Waals surface area contributed by atoms with Crippen molar-refractivity contribution >= 4 is 35.1 Å². The van der Waals surface area contributed by atoms with Crippen LogP contribution in [0.25, 0.3) is 6.08 Å². The van der Waals surface area contributed by atoms with Gasteiger partial charge in [0.1, 0.15) is 12.2 Å². The largest absolute Gasteiger partial charge is 0.338 e. The third-order valence-corrected chi connectivity index (χ3v) is 7.27. The molecule has 0 atom stereocenters. The number of hydrogen-bond donors (Lipinski definition) is 1. The molecule has 4 rings (SSSR count). The molecule has 1 N–H and O–H groups in total. The summed E-state index contributed by atoms with van der Waals surface area (Å²) in [4.78, 5) is 17.3. The summed E-state index contributed by atoms with van der Waals surface area (Å²) in [7, 11) is 0. The van der Waals surface area contributed by atoms with Crippen molar-refractivity contribution in [3.8, 4) is 6.07 Å². The van der Waals surface area contributed by atoms with E-state index in [1.165, 1.54) is 11.3 Å². The van der Waals surface area contributed by atoms with Gasteiger partial charge in [0.25, 0.3) is 5.91 Å². The first kappa shape index (κ1) is 22.5. The maximum atomic E-state index is 12.4. The smallest absolute Gasteiger partial charge is 0.272 e. The molecule has 0 saturated carbocycles. The number of thioether (sulfide) groups is 1. The molecule has 1 heterocycles. The molecule has 0 aliphatic rings. The van der Waals surface area contributed by atoms with E-state index in [1.54, 1.807) is 17.3 Å². The van der Waals surface area contributed by atoms with Crippen molar-refractivity contribution < 1.29 is 4.79 Å². The fourth-order valence-corrected chi connectivity index (χ4v) is 5.65. The van der Waals surface area contributed by atoms with Gasteiger partial charge in [0.05, 0.1) is 21.2 Å². The molecule has 6 heteroatoms. The van der Waals surface area contributed by atoms with Gasteiger partial charge in [-0.05, 0) is 28.2 Å². The highest BCUT2D eigenvalue weighted by Gasteiger charge is 2.36. The molecule has 1 amide bonds. The molecule has 0 unspecified atom stereocenters. The highest BCUT2D eigenvalue weighted by atomic mass is 32.2. The maximum absolute atomic E-state index is 12.4. The molecule has 0 radical (unpaired) electrons. The van der Waals surface area contributed by atoms with Gasteiger partial charge < -0.3 is 5.32 Å². The average molecular weight is 468 g/mol. The second-order valence-electron chi connectivity index (χ2n) is 7.11. The molecule has 4 nitrogen and oxygen atoms in total. The summed E-state index contributed by atoms with van der Waals surface area (Å²) in [5, 5.41) is 13.3. The predicted octanol–water partition coefficient (Wildman–Crippen LogP) is 6.09. The van der Waals surface area contributed by atoms with Crippen molar-refractivity contribution in [3.63, 3.8) is 0 Å². The van der Waals surface area contributed by atoms with Crippen LogP contribution >= 0.6 is 23.1 Å². The Morgan fingerprint density at radius 2 is 1.45 bits per heavy atom. The van der Waals surface area contributed by atoms with Gasteiger partial charge in [-0.3, -0.25) is 4.79 Å². The van der Waals surface area contributed by atoms with Crippen LogP contribution in [-0.4, -0.2) is 17.4 Å². The highest BCUT2D eigenvalue weighted by molar-refractivity contribution is 8.03. The van der Waals surface area contributed by atoms with Gasteiger partial charge >= 0.3 is 0 Å². The fourth-order valence-electron chi connectivity index (χ4n) is 3.67. The van der Waals surface area contributed by atoms with E-state index in [-0.39, 0.29) is 12.5 Å².